The van der Waals surface area contributed by atoms with Crippen LogP contribution >= 0.6 is 23.1 Å². The van der Waals surface area contributed by atoms with E-state index < -0.39 is 0 Å². The van der Waals surface area contributed by atoms with Crippen molar-refractivity contribution in [3.8, 4) is 0 Å². The number of nitrogens with one attached hydrogen (secondary N) is 2. The summed E-state index contributed by atoms with van der Waals surface area (Å²) >= 11 is 3.21. The van der Waals surface area contributed by atoms with Gasteiger partial charge in [-0.1, -0.05) is 24.3 Å². The monoisotopic (exact) mass is 448 g/mol. The van der Waals surface area contributed by atoms with E-state index in [1.165, 1.54) is 4.70 Å². The number of aromatic nitrogens is 2. The molecule has 0 unspecified atom stereocenters. The van der Waals surface area contributed by atoms with Gasteiger partial charge in [-0.3, -0.25) is 14.6 Å². The molecular weight excluding hydrogens is 428 g/mol. The normalized spacial score (nSPS) is 10.7. The lowest BCUT2D eigenvalue weighted by molar-refractivity contribution is -0.118. The summed E-state index contributed by atoms with van der Waals surface area (Å²) in [4.78, 5) is 33.0. The van der Waals surface area contributed by atoms with Crippen molar-refractivity contribution in [2.24, 2.45) is 0 Å². The Kier molecular flexibility index (Phi) is 6.91. The Morgan fingerprint density at radius 1 is 1.00 bits per heavy atom. The van der Waals surface area contributed by atoms with E-state index in [-0.39, 0.29) is 11.8 Å². The number of hydrogen-bond donors (Lipinski definition) is 2. The standard InChI is InChI=1S/C23H20N4O2S2/c28-21(14-30-15-22-27-19-6-1-2-7-20(19)31-22)25-13-16-4-3-5-18(12-16)26-23(29)17-8-10-24-11-9-17/h1-12H,13-15H2,(H,25,28)(H,26,29). The van der Waals surface area contributed by atoms with Crippen LogP contribution in [0.3, 0.4) is 0 Å². The molecule has 0 aliphatic rings. The second-order valence-corrected chi connectivity index (χ2v) is 8.84. The molecule has 2 aromatic heterocycles. The number of benzene rings is 2. The zero-order valence-corrected chi connectivity index (χ0v) is 18.2. The quantitative estimate of drug-likeness (QED) is 0.415. The number of anilines is 1. The molecule has 0 radical (unpaired) electrons. The maximum absolute atomic E-state index is 12.3. The van der Waals surface area contributed by atoms with Gasteiger partial charge in [-0.15, -0.1) is 23.1 Å². The van der Waals surface area contributed by atoms with Crippen LogP contribution < -0.4 is 10.6 Å². The highest BCUT2D eigenvalue weighted by Gasteiger charge is 2.08. The van der Waals surface area contributed by atoms with Gasteiger partial charge in [-0.25, -0.2) is 4.98 Å². The molecule has 2 amide bonds. The minimum Gasteiger partial charge on any atom is -0.351 e. The number of carbonyl (C=O) groups is 2. The number of fused-ring (bicyclic) bond motifs is 1. The number of hydrogen-bond acceptors (Lipinski definition) is 6. The number of amides is 2. The van der Waals surface area contributed by atoms with E-state index in [2.05, 4.69) is 26.7 Å². The molecule has 0 aliphatic heterocycles. The van der Waals surface area contributed by atoms with Gasteiger partial charge in [0.15, 0.2) is 0 Å². The van der Waals surface area contributed by atoms with E-state index in [1.54, 1.807) is 47.6 Å². The summed E-state index contributed by atoms with van der Waals surface area (Å²) in [5.41, 5.74) is 3.14. The van der Waals surface area contributed by atoms with Crippen molar-refractivity contribution in [2.45, 2.75) is 12.3 Å². The van der Waals surface area contributed by atoms with Crippen LogP contribution in [0.25, 0.3) is 10.2 Å². The predicted octanol–water partition coefficient (Wildman–Crippen LogP) is 4.49. The Balaban J connectivity index is 1.23. The van der Waals surface area contributed by atoms with Gasteiger partial charge in [0.1, 0.15) is 5.01 Å². The molecule has 0 aliphatic carbocycles. The third-order valence-corrected chi connectivity index (χ3v) is 6.58. The van der Waals surface area contributed by atoms with Crippen LogP contribution in [0.4, 0.5) is 5.69 Å². The first-order chi connectivity index (χ1) is 15.2. The molecule has 0 spiro atoms. The Morgan fingerprint density at radius 3 is 2.68 bits per heavy atom. The van der Waals surface area contributed by atoms with Crippen molar-refractivity contribution in [1.29, 1.82) is 0 Å². The van der Waals surface area contributed by atoms with Crippen LogP contribution in [0, 0.1) is 0 Å². The number of para-hydroxylation sites is 1. The fourth-order valence-corrected chi connectivity index (χ4v) is 4.81. The number of carbonyl (C=O) groups excluding carboxylic acids is 2. The molecule has 2 N–H and O–H groups in total. The van der Waals surface area contributed by atoms with Crippen molar-refractivity contribution in [2.75, 3.05) is 11.1 Å². The number of rotatable bonds is 8. The minimum absolute atomic E-state index is 0.0302. The highest BCUT2D eigenvalue weighted by Crippen LogP contribution is 2.24. The summed E-state index contributed by atoms with van der Waals surface area (Å²) in [5.74, 6) is 0.852. The van der Waals surface area contributed by atoms with Gasteiger partial charge < -0.3 is 10.6 Å². The number of pyridine rings is 1. The third-order valence-electron chi connectivity index (χ3n) is 4.41. The van der Waals surface area contributed by atoms with Crippen molar-refractivity contribution < 1.29 is 9.59 Å². The van der Waals surface area contributed by atoms with Crippen molar-refractivity contribution in [3.05, 3.63) is 89.2 Å². The van der Waals surface area contributed by atoms with Crippen LogP contribution in [-0.2, 0) is 17.1 Å². The zero-order chi connectivity index (χ0) is 21.5. The molecule has 2 heterocycles. The average molecular weight is 449 g/mol. The Morgan fingerprint density at radius 2 is 1.84 bits per heavy atom. The highest BCUT2D eigenvalue weighted by molar-refractivity contribution is 7.99. The first-order valence-electron chi connectivity index (χ1n) is 9.66. The van der Waals surface area contributed by atoms with E-state index in [9.17, 15) is 9.59 Å². The van der Waals surface area contributed by atoms with Gasteiger partial charge in [0, 0.05) is 35.9 Å². The molecule has 2 aromatic carbocycles. The second-order valence-electron chi connectivity index (χ2n) is 6.74. The maximum Gasteiger partial charge on any atom is 0.255 e. The van der Waals surface area contributed by atoms with E-state index in [4.69, 9.17) is 0 Å². The topological polar surface area (TPSA) is 84.0 Å². The summed E-state index contributed by atoms with van der Waals surface area (Å²) in [6.45, 7) is 0.402. The Labute approximate surface area is 188 Å². The highest BCUT2D eigenvalue weighted by atomic mass is 32.2. The van der Waals surface area contributed by atoms with Crippen molar-refractivity contribution >= 4 is 50.8 Å². The molecule has 0 fully saturated rings. The fraction of sp³-hybridized carbons (Fsp3) is 0.130. The van der Waals surface area contributed by atoms with Crippen LogP contribution in [-0.4, -0.2) is 27.5 Å². The smallest absolute Gasteiger partial charge is 0.255 e. The van der Waals surface area contributed by atoms with Crippen LogP contribution in [0.5, 0.6) is 0 Å². The van der Waals surface area contributed by atoms with Gasteiger partial charge >= 0.3 is 0 Å². The lowest BCUT2D eigenvalue weighted by Crippen LogP contribution is -2.24. The lowest BCUT2D eigenvalue weighted by atomic mass is 10.2. The van der Waals surface area contributed by atoms with Gasteiger partial charge in [0.05, 0.1) is 16.0 Å². The van der Waals surface area contributed by atoms with Gasteiger partial charge in [0.2, 0.25) is 5.91 Å². The Bertz CT molecular complexity index is 1160. The van der Waals surface area contributed by atoms with Gasteiger partial charge in [0.25, 0.3) is 5.91 Å². The zero-order valence-electron chi connectivity index (χ0n) is 16.6. The molecule has 0 atom stereocenters. The van der Waals surface area contributed by atoms with E-state index >= 15 is 0 Å². The van der Waals surface area contributed by atoms with Crippen LogP contribution in [0.15, 0.2) is 73.1 Å². The summed E-state index contributed by atoms with van der Waals surface area (Å²) in [6.07, 6.45) is 3.16. The summed E-state index contributed by atoms with van der Waals surface area (Å²) in [7, 11) is 0. The number of thioether (sulfide) groups is 1. The fourth-order valence-electron chi connectivity index (χ4n) is 2.93. The molecule has 0 saturated heterocycles. The molecule has 31 heavy (non-hydrogen) atoms. The molecular formula is C23H20N4O2S2. The number of nitrogens with zero attached hydrogens (tertiary/aromatic N) is 2. The van der Waals surface area contributed by atoms with E-state index in [1.807, 2.05) is 42.5 Å². The van der Waals surface area contributed by atoms with Gasteiger partial charge in [-0.2, -0.15) is 0 Å². The van der Waals surface area contributed by atoms with Gasteiger partial charge in [-0.05, 0) is 42.0 Å². The molecule has 0 bridgehead atoms. The largest absolute Gasteiger partial charge is 0.351 e. The van der Waals surface area contributed by atoms with E-state index in [0.29, 0.717) is 29.3 Å². The van der Waals surface area contributed by atoms with Crippen molar-refractivity contribution in [3.63, 3.8) is 0 Å². The lowest BCUT2D eigenvalue weighted by Gasteiger charge is -2.09. The molecule has 4 rings (SSSR count). The number of thiazole rings is 1. The van der Waals surface area contributed by atoms with Crippen molar-refractivity contribution in [1.82, 2.24) is 15.3 Å². The third kappa shape index (κ3) is 5.90. The van der Waals surface area contributed by atoms with E-state index in [0.717, 1.165) is 16.1 Å². The van der Waals surface area contributed by atoms with Crippen LogP contribution in [0.2, 0.25) is 0 Å². The molecule has 156 valence electrons. The molecule has 6 nitrogen and oxygen atoms in total. The molecule has 8 heteroatoms. The SMILES string of the molecule is O=C(CSCc1nc2ccccc2s1)NCc1cccc(NC(=O)c2ccncc2)c1. The molecule has 4 aromatic rings. The van der Waals surface area contributed by atoms with Crippen LogP contribution in [0.1, 0.15) is 20.9 Å². The predicted molar refractivity (Wildman–Crippen MR) is 126 cm³/mol. The summed E-state index contributed by atoms with van der Waals surface area (Å²) < 4.78 is 1.17. The maximum atomic E-state index is 12.3. The second kappa shape index (κ2) is 10.2. The summed E-state index contributed by atoms with van der Waals surface area (Å²) in [6, 6.07) is 18.8. The first kappa shape index (κ1) is 21.0. The molecule has 0 saturated carbocycles. The minimum atomic E-state index is -0.199. The average Bonchev–Trinajstić information content (AvgIpc) is 3.21. The Hall–Kier alpha value is -3.23. The first-order valence-corrected chi connectivity index (χ1v) is 11.6. The summed E-state index contributed by atoms with van der Waals surface area (Å²) in [5, 5.41) is 6.81.